The van der Waals surface area contributed by atoms with E-state index in [-0.39, 0.29) is 6.10 Å². The first-order valence-electron chi connectivity index (χ1n) is 7.47. The van der Waals surface area contributed by atoms with Crippen molar-refractivity contribution in [2.24, 2.45) is 0 Å². The number of ether oxygens (including phenoxy) is 1. The van der Waals surface area contributed by atoms with Crippen molar-refractivity contribution >= 4 is 23.0 Å². The quantitative estimate of drug-likeness (QED) is 0.817. The van der Waals surface area contributed by atoms with Gasteiger partial charge in [0.2, 0.25) is 0 Å². The van der Waals surface area contributed by atoms with Crippen LogP contribution in [0.2, 0.25) is 5.02 Å². The number of benzene rings is 2. The van der Waals surface area contributed by atoms with Crippen LogP contribution in [0, 0.1) is 0 Å². The zero-order valence-corrected chi connectivity index (χ0v) is 13.4. The summed E-state index contributed by atoms with van der Waals surface area (Å²) in [6.07, 6.45) is -3.78. The lowest BCUT2D eigenvalue weighted by molar-refractivity contribution is -0.137. The average molecular weight is 357 g/mol. The highest BCUT2D eigenvalue weighted by Crippen LogP contribution is 2.33. The SMILES string of the molecule is Nc1ccc(O[C@H]2CCN(c3cccc(C(F)(F)F)c3)C2)c(Cl)c1. The molecule has 128 valence electrons. The summed E-state index contributed by atoms with van der Waals surface area (Å²) in [7, 11) is 0. The van der Waals surface area contributed by atoms with Crippen LogP contribution < -0.4 is 15.4 Å². The maximum atomic E-state index is 12.8. The molecule has 0 aromatic heterocycles. The average Bonchev–Trinajstić information content (AvgIpc) is 2.98. The van der Waals surface area contributed by atoms with E-state index < -0.39 is 11.7 Å². The van der Waals surface area contributed by atoms with Crippen molar-refractivity contribution < 1.29 is 17.9 Å². The Balaban J connectivity index is 1.69. The van der Waals surface area contributed by atoms with Gasteiger partial charge in [-0.1, -0.05) is 17.7 Å². The summed E-state index contributed by atoms with van der Waals surface area (Å²) >= 11 is 6.09. The van der Waals surface area contributed by atoms with Gasteiger partial charge in [-0.2, -0.15) is 13.2 Å². The molecule has 3 rings (SSSR count). The van der Waals surface area contributed by atoms with Crippen LogP contribution in [0.1, 0.15) is 12.0 Å². The van der Waals surface area contributed by atoms with Crippen LogP contribution in [-0.4, -0.2) is 19.2 Å². The van der Waals surface area contributed by atoms with Gasteiger partial charge in [-0.15, -0.1) is 0 Å². The Hall–Kier alpha value is -2.08. The van der Waals surface area contributed by atoms with Gasteiger partial charge in [0.1, 0.15) is 11.9 Å². The fourth-order valence-corrected chi connectivity index (χ4v) is 2.96. The van der Waals surface area contributed by atoms with Crippen LogP contribution in [-0.2, 0) is 6.18 Å². The first-order chi connectivity index (χ1) is 11.3. The maximum Gasteiger partial charge on any atom is 0.416 e. The molecule has 1 saturated heterocycles. The predicted molar refractivity (Wildman–Crippen MR) is 88.6 cm³/mol. The molecular weight excluding hydrogens is 341 g/mol. The number of nitrogen functional groups attached to an aromatic ring is 1. The Labute approximate surface area is 142 Å². The van der Waals surface area contributed by atoms with Crippen LogP contribution in [0.4, 0.5) is 24.5 Å². The van der Waals surface area contributed by atoms with Gasteiger partial charge in [-0.05, 0) is 36.4 Å². The monoisotopic (exact) mass is 356 g/mol. The highest BCUT2D eigenvalue weighted by atomic mass is 35.5. The van der Waals surface area contributed by atoms with E-state index in [4.69, 9.17) is 22.1 Å². The van der Waals surface area contributed by atoms with Crippen molar-refractivity contribution in [3.05, 3.63) is 53.1 Å². The summed E-state index contributed by atoms with van der Waals surface area (Å²) in [6.45, 7) is 1.13. The van der Waals surface area contributed by atoms with Gasteiger partial charge in [0, 0.05) is 24.3 Å². The van der Waals surface area contributed by atoms with Crippen LogP contribution in [0.25, 0.3) is 0 Å². The fraction of sp³-hybridized carbons (Fsp3) is 0.294. The molecule has 0 amide bonds. The Bertz CT molecular complexity index is 736. The van der Waals surface area contributed by atoms with Crippen molar-refractivity contribution in [2.45, 2.75) is 18.7 Å². The van der Waals surface area contributed by atoms with Gasteiger partial charge in [0.15, 0.2) is 0 Å². The third-order valence-electron chi connectivity index (χ3n) is 3.93. The minimum Gasteiger partial charge on any atom is -0.487 e. The molecule has 3 nitrogen and oxygen atoms in total. The first kappa shape index (κ1) is 16.8. The van der Waals surface area contributed by atoms with E-state index in [1.165, 1.54) is 12.1 Å². The van der Waals surface area contributed by atoms with E-state index in [2.05, 4.69) is 0 Å². The lowest BCUT2D eigenvalue weighted by atomic mass is 10.2. The number of anilines is 2. The molecule has 1 fully saturated rings. The van der Waals surface area contributed by atoms with Crippen molar-refractivity contribution in [1.29, 1.82) is 0 Å². The van der Waals surface area contributed by atoms with Gasteiger partial charge in [-0.3, -0.25) is 0 Å². The zero-order valence-electron chi connectivity index (χ0n) is 12.7. The molecular formula is C17H16ClF3N2O. The topological polar surface area (TPSA) is 38.5 Å². The van der Waals surface area contributed by atoms with E-state index in [9.17, 15) is 13.2 Å². The number of nitrogens with zero attached hydrogens (tertiary/aromatic N) is 1. The molecule has 2 aromatic carbocycles. The highest BCUT2D eigenvalue weighted by molar-refractivity contribution is 6.32. The second-order valence-electron chi connectivity index (χ2n) is 5.71. The van der Waals surface area contributed by atoms with Gasteiger partial charge in [-0.25, -0.2) is 0 Å². The molecule has 2 N–H and O–H groups in total. The van der Waals surface area contributed by atoms with Crippen LogP contribution in [0.5, 0.6) is 5.75 Å². The largest absolute Gasteiger partial charge is 0.487 e. The minimum absolute atomic E-state index is 0.138. The third kappa shape index (κ3) is 3.70. The molecule has 1 aliphatic rings. The minimum atomic E-state index is -4.34. The van der Waals surface area contributed by atoms with E-state index >= 15 is 0 Å². The first-order valence-corrected chi connectivity index (χ1v) is 7.84. The van der Waals surface area contributed by atoms with E-state index in [0.717, 1.165) is 6.07 Å². The molecule has 24 heavy (non-hydrogen) atoms. The Morgan fingerprint density at radius 2 is 1.96 bits per heavy atom. The van der Waals surface area contributed by atoms with Gasteiger partial charge < -0.3 is 15.4 Å². The predicted octanol–water partition coefficient (Wildman–Crippen LogP) is 4.60. The van der Waals surface area contributed by atoms with Crippen LogP contribution in [0.3, 0.4) is 0 Å². The fourth-order valence-electron chi connectivity index (χ4n) is 2.73. The van der Waals surface area contributed by atoms with Crippen molar-refractivity contribution in [1.82, 2.24) is 0 Å². The molecule has 1 heterocycles. The second-order valence-corrected chi connectivity index (χ2v) is 6.12. The van der Waals surface area contributed by atoms with E-state index in [1.54, 1.807) is 24.3 Å². The summed E-state index contributed by atoms with van der Waals surface area (Å²) in [5.74, 6) is 0.529. The summed E-state index contributed by atoms with van der Waals surface area (Å²) < 4.78 is 44.3. The second kappa shape index (κ2) is 6.43. The van der Waals surface area contributed by atoms with Crippen LogP contribution in [0.15, 0.2) is 42.5 Å². The molecule has 2 aromatic rings. The van der Waals surface area contributed by atoms with Crippen LogP contribution >= 0.6 is 11.6 Å². The number of halogens is 4. The smallest absolute Gasteiger partial charge is 0.416 e. The number of hydrogen-bond donors (Lipinski definition) is 1. The van der Waals surface area contributed by atoms with Crippen molar-refractivity contribution in [3.8, 4) is 5.75 Å². The van der Waals surface area contributed by atoms with Gasteiger partial charge in [0.05, 0.1) is 17.1 Å². The maximum absolute atomic E-state index is 12.8. The van der Waals surface area contributed by atoms with E-state index in [1.807, 2.05) is 4.90 Å². The Morgan fingerprint density at radius 1 is 1.17 bits per heavy atom. The molecule has 0 bridgehead atoms. The number of hydrogen-bond acceptors (Lipinski definition) is 3. The Morgan fingerprint density at radius 3 is 2.67 bits per heavy atom. The summed E-state index contributed by atoms with van der Waals surface area (Å²) in [5.41, 5.74) is 6.08. The highest BCUT2D eigenvalue weighted by Gasteiger charge is 2.32. The number of rotatable bonds is 3. The van der Waals surface area contributed by atoms with Crippen molar-refractivity contribution in [2.75, 3.05) is 23.7 Å². The third-order valence-corrected chi connectivity index (χ3v) is 4.23. The molecule has 0 saturated carbocycles. The number of alkyl halides is 3. The normalized spacial score (nSPS) is 18.0. The molecule has 0 aliphatic carbocycles. The zero-order chi connectivity index (χ0) is 17.3. The van der Waals surface area contributed by atoms with Gasteiger partial charge >= 0.3 is 6.18 Å². The molecule has 0 radical (unpaired) electrons. The molecule has 1 atom stereocenters. The number of nitrogens with two attached hydrogens (primary N) is 1. The molecule has 0 spiro atoms. The van der Waals surface area contributed by atoms with E-state index in [0.29, 0.717) is 41.7 Å². The standard InChI is InChI=1S/C17H16ClF3N2O/c18-15-9-12(22)4-5-16(15)24-14-6-7-23(10-14)13-3-1-2-11(8-13)17(19,20)21/h1-5,8-9,14H,6-7,10,22H2/t14-/m0/s1. The molecule has 7 heteroatoms. The lowest BCUT2D eigenvalue weighted by Crippen LogP contribution is -2.24. The molecule has 0 unspecified atom stereocenters. The summed E-state index contributed by atoms with van der Waals surface area (Å²) in [5, 5.41) is 0.424. The summed E-state index contributed by atoms with van der Waals surface area (Å²) in [6, 6.07) is 10.3. The van der Waals surface area contributed by atoms with Gasteiger partial charge in [0.25, 0.3) is 0 Å². The van der Waals surface area contributed by atoms with Crippen molar-refractivity contribution in [3.63, 3.8) is 0 Å². The Kier molecular flexibility index (Phi) is 4.49. The lowest BCUT2D eigenvalue weighted by Gasteiger charge is -2.20. The molecule has 1 aliphatic heterocycles. The summed E-state index contributed by atoms with van der Waals surface area (Å²) in [4.78, 5) is 1.88.